The first-order chi connectivity index (χ1) is 9.85. The Morgan fingerprint density at radius 3 is 2.75 bits per heavy atom. The number of hydrogen-bond acceptors (Lipinski definition) is 5. The fourth-order valence-corrected chi connectivity index (χ4v) is 2.56. The van der Waals surface area contributed by atoms with Crippen LogP contribution < -0.4 is 5.32 Å². The van der Waals surface area contributed by atoms with Crippen molar-refractivity contribution < 1.29 is 0 Å². The van der Waals surface area contributed by atoms with Crippen molar-refractivity contribution >= 4 is 5.69 Å². The van der Waals surface area contributed by atoms with E-state index in [1.807, 2.05) is 12.3 Å². The highest BCUT2D eigenvalue weighted by atomic mass is 15.3. The Bertz CT molecular complexity index is 513. The van der Waals surface area contributed by atoms with Crippen molar-refractivity contribution in [2.45, 2.75) is 25.8 Å². The summed E-state index contributed by atoms with van der Waals surface area (Å²) in [6.07, 6.45) is 7.41. The van der Waals surface area contributed by atoms with Gasteiger partial charge in [0.25, 0.3) is 0 Å². The largest absolute Gasteiger partial charge is 0.381 e. The van der Waals surface area contributed by atoms with Crippen LogP contribution in [0.3, 0.4) is 0 Å². The standard InChI is InChI=1S/C14H20N6/c1-2-19-7-5-12(6-8-19)18-13-3-4-14(16-9-13)20-11-15-10-17-20/h3-4,9-12,18H,2,5-8H2,1H3. The average Bonchev–Trinajstić information content (AvgIpc) is 3.03. The summed E-state index contributed by atoms with van der Waals surface area (Å²) in [6.45, 7) is 5.73. The fourth-order valence-electron chi connectivity index (χ4n) is 2.56. The lowest BCUT2D eigenvalue weighted by atomic mass is 10.0. The molecule has 3 rings (SSSR count). The van der Waals surface area contributed by atoms with Crippen LogP contribution in [0.1, 0.15) is 19.8 Å². The Kier molecular flexibility index (Phi) is 3.92. The SMILES string of the molecule is CCN1CCC(Nc2ccc(-n3cncn3)nc2)CC1. The molecule has 0 spiro atoms. The molecule has 0 aromatic carbocycles. The Morgan fingerprint density at radius 1 is 1.30 bits per heavy atom. The molecule has 106 valence electrons. The monoisotopic (exact) mass is 272 g/mol. The molecule has 0 bridgehead atoms. The predicted molar refractivity (Wildman–Crippen MR) is 77.9 cm³/mol. The van der Waals surface area contributed by atoms with Gasteiger partial charge < -0.3 is 10.2 Å². The highest BCUT2D eigenvalue weighted by Gasteiger charge is 2.17. The molecule has 0 aliphatic carbocycles. The number of rotatable bonds is 4. The second kappa shape index (κ2) is 6.00. The Morgan fingerprint density at radius 2 is 2.15 bits per heavy atom. The molecule has 1 N–H and O–H groups in total. The van der Waals surface area contributed by atoms with E-state index in [9.17, 15) is 0 Å². The van der Waals surface area contributed by atoms with Gasteiger partial charge in [0, 0.05) is 19.1 Å². The van der Waals surface area contributed by atoms with E-state index in [2.05, 4.69) is 38.3 Å². The molecule has 1 saturated heterocycles. The fraction of sp³-hybridized carbons (Fsp3) is 0.500. The zero-order valence-corrected chi connectivity index (χ0v) is 11.7. The van der Waals surface area contributed by atoms with Crippen LogP contribution in [-0.2, 0) is 0 Å². The highest BCUT2D eigenvalue weighted by Crippen LogP contribution is 2.16. The van der Waals surface area contributed by atoms with E-state index in [0.717, 1.165) is 18.1 Å². The summed E-state index contributed by atoms with van der Waals surface area (Å²) < 4.78 is 1.66. The second-order valence-corrected chi connectivity index (χ2v) is 5.10. The molecule has 3 heterocycles. The molecule has 1 fully saturated rings. The lowest BCUT2D eigenvalue weighted by Gasteiger charge is -2.31. The van der Waals surface area contributed by atoms with Crippen molar-refractivity contribution in [1.82, 2.24) is 24.6 Å². The van der Waals surface area contributed by atoms with Crippen LogP contribution >= 0.6 is 0 Å². The van der Waals surface area contributed by atoms with E-state index in [1.165, 1.54) is 32.3 Å². The molecule has 6 nitrogen and oxygen atoms in total. The highest BCUT2D eigenvalue weighted by molar-refractivity contribution is 5.44. The van der Waals surface area contributed by atoms with E-state index in [0.29, 0.717) is 6.04 Å². The summed E-state index contributed by atoms with van der Waals surface area (Å²) in [7, 11) is 0. The lowest BCUT2D eigenvalue weighted by molar-refractivity contribution is 0.229. The van der Waals surface area contributed by atoms with Crippen molar-refractivity contribution in [3.05, 3.63) is 31.0 Å². The third-order valence-corrected chi connectivity index (χ3v) is 3.81. The lowest BCUT2D eigenvalue weighted by Crippen LogP contribution is -2.38. The van der Waals surface area contributed by atoms with Crippen LogP contribution in [0, 0.1) is 0 Å². The molecule has 0 amide bonds. The number of pyridine rings is 1. The molecule has 2 aromatic heterocycles. The van der Waals surface area contributed by atoms with E-state index < -0.39 is 0 Å². The van der Waals surface area contributed by atoms with Crippen molar-refractivity contribution in [3.8, 4) is 5.82 Å². The molecular formula is C14H20N6. The molecule has 0 saturated carbocycles. The van der Waals surface area contributed by atoms with Crippen molar-refractivity contribution in [3.63, 3.8) is 0 Å². The van der Waals surface area contributed by atoms with Gasteiger partial charge in [-0.1, -0.05) is 6.92 Å². The van der Waals surface area contributed by atoms with Crippen LogP contribution in [0.5, 0.6) is 0 Å². The topological polar surface area (TPSA) is 58.9 Å². The quantitative estimate of drug-likeness (QED) is 0.915. The van der Waals surface area contributed by atoms with Crippen LogP contribution in [0.2, 0.25) is 0 Å². The number of nitrogens with zero attached hydrogens (tertiary/aromatic N) is 5. The predicted octanol–water partition coefficient (Wildman–Crippen LogP) is 1.56. The van der Waals surface area contributed by atoms with Crippen molar-refractivity contribution in [2.24, 2.45) is 0 Å². The number of hydrogen-bond donors (Lipinski definition) is 1. The molecule has 1 aliphatic heterocycles. The third kappa shape index (κ3) is 2.96. The minimum absolute atomic E-state index is 0.553. The molecule has 2 aromatic rings. The van der Waals surface area contributed by atoms with Gasteiger partial charge in [0.1, 0.15) is 12.7 Å². The van der Waals surface area contributed by atoms with Gasteiger partial charge >= 0.3 is 0 Å². The summed E-state index contributed by atoms with van der Waals surface area (Å²) in [4.78, 5) is 10.8. The minimum Gasteiger partial charge on any atom is -0.381 e. The zero-order chi connectivity index (χ0) is 13.8. The normalized spacial score (nSPS) is 17.2. The smallest absolute Gasteiger partial charge is 0.155 e. The second-order valence-electron chi connectivity index (χ2n) is 5.10. The maximum atomic E-state index is 4.41. The summed E-state index contributed by atoms with van der Waals surface area (Å²) in [5, 5.41) is 7.63. The summed E-state index contributed by atoms with van der Waals surface area (Å²) in [6, 6.07) is 4.56. The summed E-state index contributed by atoms with van der Waals surface area (Å²) in [5.41, 5.74) is 1.07. The molecule has 0 unspecified atom stereocenters. The van der Waals surface area contributed by atoms with E-state index in [1.54, 1.807) is 11.0 Å². The van der Waals surface area contributed by atoms with Crippen LogP contribution in [0.25, 0.3) is 5.82 Å². The average molecular weight is 272 g/mol. The Labute approximate surface area is 118 Å². The number of likely N-dealkylation sites (tertiary alicyclic amines) is 1. The van der Waals surface area contributed by atoms with Gasteiger partial charge in [0.05, 0.1) is 11.9 Å². The van der Waals surface area contributed by atoms with Gasteiger partial charge in [0.15, 0.2) is 5.82 Å². The first-order valence-electron chi connectivity index (χ1n) is 7.15. The first-order valence-corrected chi connectivity index (χ1v) is 7.15. The molecule has 6 heteroatoms. The third-order valence-electron chi connectivity index (χ3n) is 3.81. The maximum Gasteiger partial charge on any atom is 0.155 e. The minimum atomic E-state index is 0.553. The maximum absolute atomic E-state index is 4.41. The zero-order valence-electron chi connectivity index (χ0n) is 11.7. The Balaban J connectivity index is 1.59. The molecule has 0 atom stereocenters. The van der Waals surface area contributed by atoms with Crippen LogP contribution in [0.4, 0.5) is 5.69 Å². The first kappa shape index (κ1) is 13.1. The summed E-state index contributed by atoms with van der Waals surface area (Å²) in [5.74, 6) is 0.786. The van der Waals surface area contributed by atoms with Gasteiger partial charge in [-0.05, 0) is 31.5 Å². The Hall–Kier alpha value is -1.95. The van der Waals surface area contributed by atoms with Crippen molar-refractivity contribution in [2.75, 3.05) is 25.0 Å². The van der Waals surface area contributed by atoms with E-state index >= 15 is 0 Å². The number of aromatic nitrogens is 4. The van der Waals surface area contributed by atoms with E-state index in [4.69, 9.17) is 0 Å². The van der Waals surface area contributed by atoms with E-state index in [-0.39, 0.29) is 0 Å². The van der Waals surface area contributed by atoms with Crippen LogP contribution in [0.15, 0.2) is 31.0 Å². The van der Waals surface area contributed by atoms with Gasteiger partial charge in [0.2, 0.25) is 0 Å². The van der Waals surface area contributed by atoms with Gasteiger partial charge in [-0.2, -0.15) is 5.10 Å². The molecule has 0 radical (unpaired) electrons. The van der Waals surface area contributed by atoms with Crippen LogP contribution in [-0.4, -0.2) is 50.3 Å². The number of piperidine rings is 1. The number of anilines is 1. The van der Waals surface area contributed by atoms with Crippen molar-refractivity contribution in [1.29, 1.82) is 0 Å². The molecule has 1 aliphatic rings. The number of nitrogens with one attached hydrogen (secondary N) is 1. The molecular weight excluding hydrogens is 252 g/mol. The van der Waals surface area contributed by atoms with Gasteiger partial charge in [-0.3, -0.25) is 0 Å². The van der Waals surface area contributed by atoms with Gasteiger partial charge in [-0.15, -0.1) is 0 Å². The van der Waals surface area contributed by atoms with Gasteiger partial charge in [-0.25, -0.2) is 14.6 Å². The summed E-state index contributed by atoms with van der Waals surface area (Å²) >= 11 is 0. The molecule has 20 heavy (non-hydrogen) atoms.